The fourth-order valence-electron chi connectivity index (χ4n) is 8.61. The van der Waals surface area contributed by atoms with Gasteiger partial charge in [0.1, 0.15) is 42.5 Å². The van der Waals surface area contributed by atoms with E-state index < -0.39 is 48.7 Å². The third kappa shape index (κ3) is 4.96. The second-order valence-electron chi connectivity index (χ2n) is 13.0. The van der Waals surface area contributed by atoms with Gasteiger partial charge in [0.05, 0.1) is 12.7 Å². The Morgan fingerprint density at radius 3 is 2.24 bits per heavy atom. The molecule has 5 unspecified atom stereocenters. The van der Waals surface area contributed by atoms with Gasteiger partial charge in [-0.1, -0.05) is 24.3 Å². The van der Waals surface area contributed by atoms with Gasteiger partial charge in [0.15, 0.2) is 5.60 Å². The molecule has 2 aromatic rings. The van der Waals surface area contributed by atoms with Crippen LogP contribution in [0.1, 0.15) is 48.8 Å². The van der Waals surface area contributed by atoms with Gasteiger partial charge in [-0.05, 0) is 85.6 Å². The van der Waals surface area contributed by atoms with Crippen molar-refractivity contribution in [1.29, 1.82) is 5.26 Å². The number of hydrogen-bond acceptors (Lipinski definition) is 11. The summed E-state index contributed by atoms with van der Waals surface area (Å²) < 4.78 is 23.7. The molecule has 2 saturated heterocycles. The number of aliphatic hydroxyl groups excluding tert-OH is 4. The molecule has 11 nitrogen and oxygen atoms in total. The summed E-state index contributed by atoms with van der Waals surface area (Å²) in [6, 6.07) is 14.8. The Morgan fingerprint density at radius 2 is 1.64 bits per heavy atom. The lowest BCUT2D eigenvalue weighted by molar-refractivity contribution is -0.645. The lowest BCUT2D eigenvalue weighted by Crippen LogP contribution is -2.76. The van der Waals surface area contributed by atoms with Crippen LogP contribution in [0.25, 0.3) is 6.08 Å². The summed E-state index contributed by atoms with van der Waals surface area (Å²) in [5.74, 6) is 2.11. The van der Waals surface area contributed by atoms with Crippen molar-refractivity contribution in [3.8, 4) is 17.6 Å². The topological polar surface area (TPSA) is 160 Å². The summed E-state index contributed by atoms with van der Waals surface area (Å²) in [5, 5.41) is 48.9. The van der Waals surface area contributed by atoms with Gasteiger partial charge in [0.25, 0.3) is 5.79 Å². The molecule has 2 heterocycles. The molecule has 4 N–H and O–H groups in total. The van der Waals surface area contributed by atoms with Gasteiger partial charge >= 0.3 is 0 Å². The van der Waals surface area contributed by atoms with E-state index in [0.717, 1.165) is 54.2 Å². The van der Waals surface area contributed by atoms with Crippen molar-refractivity contribution in [3.05, 3.63) is 65.2 Å². The highest BCUT2D eigenvalue weighted by molar-refractivity contribution is 5.60. The molecule has 0 aromatic heterocycles. The van der Waals surface area contributed by atoms with Gasteiger partial charge in [-0.2, -0.15) is 10.1 Å². The molecule has 4 bridgehead atoms. The second kappa shape index (κ2) is 12.0. The largest absolute Gasteiger partial charge is 0.488 e. The number of hydrogen-bond donors (Lipinski definition) is 4. The SMILES string of the molecule is COC1(c2ccc(/C=C/C#N)c(OCc3ccc(OC4OC(CO)C(O)C(O)[C@@H]4O)cc3)c2)OOC12C1CC3CC(C1)CC2C3. The smallest absolute Gasteiger partial charge is 0.260 e. The zero-order valence-electron chi connectivity index (χ0n) is 25.0. The van der Waals surface area contributed by atoms with E-state index in [-0.39, 0.29) is 6.61 Å². The average Bonchev–Trinajstić information content (AvgIpc) is 3.04. The van der Waals surface area contributed by atoms with Gasteiger partial charge in [0, 0.05) is 24.3 Å². The fourth-order valence-corrected chi connectivity index (χ4v) is 8.61. The summed E-state index contributed by atoms with van der Waals surface area (Å²) in [5.41, 5.74) is 1.83. The monoisotopic (exact) mass is 621 g/mol. The number of benzene rings is 2. The van der Waals surface area contributed by atoms with Crippen molar-refractivity contribution in [2.45, 2.75) is 80.8 Å². The molecule has 2 aromatic carbocycles. The van der Waals surface area contributed by atoms with Crippen molar-refractivity contribution in [2.75, 3.05) is 13.7 Å². The Bertz CT molecular complexity index is 1420. The molecule has 11 heteroatoms. The standard InChI is InChI=1S/C34H39NO10/c1-40-34(33(44-45-34)24-12-20-11-21(14-24)15-25(33)13-20)23-7-6-22(3-2-10-35)27(16-23)41-18-19-4-8-26(9-5-19)42-32-31(39)30(38)29(37)28(17-36)43-32/h2-9,16,20-21,24-25,28-32,36-39H,11-15,17-18H2,1H3/b3-2+/t20?,21?,24?,25?,28?,29?,30?,31-,32?,33?,34?/m0/s1. The van der Waals surface area contributed by atoms with Crippen molar-refractivity contribution in [1.82, 2.24) is 0 Å². The maximum absolute atomic E-state index is 10.3. The minimum atomic E-state index is -1.53. The average molecular weight is 622 g/mol. The lowest BCUT2D eigenvalue weighted by atomic mass is 9.47. The number of nitriles is 1. The van der Waals surface area contributed by atoms with Crippen LogP contribution in [0.4, 0.5) is 0 Å². The molecule has 45 heavy (non-hydrogen) atoms. The number of rotatable bonds is 9. The van der Waals surface area contributed by atoms with E-state index in [4.69, 9.17) is 28.7 Å². The zero-order valence-corrected chi connectivity index (χ0v) is 25.0. The Balaban J connectivity index is 1.09. The van der Waals surface area contributed by atoms with Gasteiger partial charge in [0.2, 0.25) is 6.29 Å². The molecule has 0 amide bonds. The van der Waals surface area contributed by atoms with E-state index >= 15 is 0 Å². The molecule has 6 atom stereocenters. The summed E-state index contributed by atoms with van der Waals surface area (Å²) in [6.45, 7) is -0.337. The van der Waals surface area contributed by atoms with Crippen molar-refractivity contribution < 1.29 is 49.1 Å². The predicted octanol–water partition coefficient (Wildman–Crippen LogP) is 2.94. The number of ether oxygens (including phenoxy) is 4. The summed E-state index contributed by atoms with van der Waals surface area (Å²) in [7, 11) is 1.67. The summed E-state index contributed by atoms with van der Waals surface area (Å²) in [6.07, 6.45) is 2.11. The van der Waals surface area contributed by atoms with Gasteiger partial charge < -0.3 is 39.4 Å². The van der Waals surface area contributed by atoms with Gasteiger partial charge in [-0.25, -0.2) is 4.89 Å². The third-order valence-electron chi connectivity index (χ3n) is 10.6. The highest BCUT2D eigenvalue weighted by atomic mass is 17.3. The summed E-state index contributed by atoms with van der Waals surface area (Å²) >= 11 is 0. The number of nitrogens with zero attached hydrogens (tertiary/aromatic N) is 1. The van der Waals surface area contributed by atoms with Crippen molar-refractivity contribution in [2.24, 2.45) is 23.7 Å². The molecule has 2 aliphatic heterocycles. The Morgan fingerprint density at radius 1 is 0.933 bits per heavy atom. The normalized spacial score (nSPS) is 40.0. The summed E-state index contributed by atoms with van der Waals surface area (Å²) in [4.78, 5) is 12.1. The van der Waals surface area contributed by atoms with Crippen molar-refractivity contribution >= 4 is 6.08 Å². The molecular weight excluding hydrogens is 582 g/mol. The van der Waals surface area contributed by atoms with Crippen molar-refractivity contribution in [3.63, 3.8) is 0 Å². The molecular formula is C34H39NO10. The van der Waals surface area contributed by atoms with Crippen LogP contribution in [0.5, 0.6) is 11.5 Å². The minimum absolute atomic E-state index is 0.203. The highest BCUT2D eigenvalue weighted by Gasteiger charge is 2.76. The molecule has 0 radical (unpaired) electrons. The van der Waals surface area contributed by atoms with E-state index in [2.05, 4.69) is 0 Å². The van der Waals surface area contributed by atoms with Crippen LogP contribution in [0, 0.1) is 35.0 Å². The quantitative estimate of drug-likeness (QED) is 0.241. The fraction of sp³-hybridized carbons (Fsp3) is 0.559. The first-order valence-electron chi connectivity index (χ1n) is 15.6. The predicted molar refractivity (Wildman–Crippen MR) is 157 cm³/mol. The Kier molecular flexibility index (Phi) is 8.13. The van der Waals surface area contributed by atoms with E-state index in [1.54, 1.807) is 37.5 Å². The van der Waals surface area contributed by atoms with E-state index in [9.17, 15) is 25.7 Å². The van der Waals surface area contributed by atoms with E-state index in [1.165, 1.54) is 12.5 Å². The second-order valence-corrected chi connectivity index (χ2v) is 13.0. The molecule has 6 fully saturated rings. The van der Waals surface area contributed by atoms with Crippen LogP contribution in [0.15, 0.2) is 48.5 Å². The minimum Gasteiger partial charge on any atom is -0.488 e. The molecule has 4 saturated carbocycles. The highest BCUT2D eigenvalue weighted by Crippen LogP contribution is 2.69. The maximum Gasteiger partial charge on any atom is 0.260 e. The molecule has 1 spiro atoms. The van der Waals surface area contributed by atoms with E-state index in [0.29, 0.717) is 23.3 Å². The third-order valence-corrected chi connectivity index (χ3v) is 10.6. The number of aliphatic hydroxyl groups is 4. The van der Waals surface area contributed by atoms with Crippen LogP contribution in [-0.4, -0.2) is 70.4 Å². The van der Waals surface area contributed by atoms with Crippen LogP contribution in [0.2, 0.25) is 0 Å². The van der Waals surface area contributed by atoms with Crippen LogP contribution >= 0.6 is 0 Å². The zero-order chi connectivity index (χ0) is 31.3. The number of methoxy groups -OCH3 is 1. The van der Waals surface area contributed by atoms with Crippen LogP contribution in [0.3, 0.4) is 0 Å². The number of allylic oxidation sites excluding steroid dienone is 1. The van der Waals surface area contributed by atoms with Crippen LogP contribution < -0.4 is 9.47 Å². The van der Waals surface area contributed by atoms with E-state index in [1.807, 2.05) is 24.3 Å². The Labute approximate surface area is 261 Å². The molecule has 4 aliphatic carbocycles. The first kappa shape index (κ1) is 30.6. The first-order chi connectivity index (χ1) is 21.8. The first-order valence-corrected chi connectivity index (χ1v) is 15.6. The van der Waals surface area contributed by atoms with Gasteiger partial charge in [-0.3, -0.25) is 0 Å². The van der Waals surface area contributed by atoms with Crippen LogP contribution in [-0.2, 0) is 31.6 Å². The molecule has 8 rings (SSSR count). The lowest BCUT2D eigenvalue weighted by Gasteiger charge is -2.68. The van der Waals surface area contributed by atoms with Gasteiger partial charge in [-0.15, -0.1) is 0 Å². The molecule has 240 valence electrons. The maximum atomic E-state index is 10.3. The Hall–Kier alpha value is -3.05. The molecule has 6 aliphatic rings.